The van der Waals surface area contributed by atoms with Crippen LogP contribution >= 0.6 is 7.60 Å². The molecule has 0 saturated heterocycles. The molecule has 0 aliphatic rings. The number of rotatable bonds is 10. The van der Waals surface area contributed by atoms with Crippen LogP contribution in [0.4, 0.5) is 5.95 Å². The zero-order valence-corrected chi connectivity index (χ0v) is 19.4. The van der Waals surface area contributed by atoms with Gasteiger partial charge in [0.1, 0.15) is 5.75 Å². The van der Waals surface area contributed by atoms with Crippen molar-refractivity contribution in [2.45, 2.75) is 52.6 Å². The summed E-state index contributed by atoms with van der Waals surface area (Å²) < 4.78 is 35.9. The van der Waals surface area contributed by atoms with E-state index in [-0.39, 0.29) is 23.2 Å². The van der Waals surface area contributed by atoms with Gasteiger partial charge >= 0.3 is 7.60 Å². The van der Waals surface area contributed by atoms with E-state index in [1.165, 1.54) is 20.3 Å². The molecule has 0 aliphatic heterocycles. The van der Waals surface area contributed by atoms with Crippen molar-refractivity contribution in [1.29, 1.82) is 0 Å². The van der Waals surface area contributed by atoms with Gasteiger partial charge in [-0.05, 0) is 45.2 Å². The fraction of sp³-hybridized carbons (Fsp3) is 0.500. The first kappa shape index (κ1) is 23.8. The van der Waals surface area contributed by atoms with Crippen LogP contribution in [0.2, 0.25) is 0 Å². The molecular weight excluding hydrogens is 409 g/mol. The number of phenolic OH excluding ortho intramolecular Hbond substituents is 1. The van der Waals surface area contributed by atoms with E-state index in [0.29, 0.717) is 30.0 Å². The minimum Gasteiger partial charge on any atom is -0.504 e. The van der Waals surface area contributed by atoms with E-state index in [9.17, 15) is 9.67 Å². The summed E-state index contributed by atoms with van der Waals surface area (Å²) in [6.07, 6.45) is 1.07. The van der Waals surface area contributed by atoms with Gasteiger partial charge in [-0.15, -0.1) is 0 Å². The molecule has 0 fully saturated rings. The van der Waals surface area contributed by atoms with Crippen molar-refractivity contribution in [2.24, 2.45) is 0 Å². The summed E-state index contributed by atoms with van der Waals surface area (Å²) in [5.74, 6) is 0.906. The monoisotopic (exact) mass is 439 g/mol. The Morgan fingerprint density at radius 1 is 1.10 bits per heavy atom. The Kier molecular flexibility index (Phi) is 7.55. The predicted molar refractivity (Wildman–Crippen MR) is 115 cm³/mol. The lowest BCUT2D eigenvalue weighted by molar-refractivity contribution is 0.277. The number of aromatic hydroxyl groups is 1. The average molecular weight is 439 g/mol. The zero-order valence-electron chi connectivity index (χ0n) is 18.5. The summed E-state index contributed by atoms with van der Waals surface area (Å²) in [5, 5.41) is 9.28. The fourth-order valence-electron chi connectivity index (χ4n) is 2.73. The molecule has 0 bridgehead atoms. The molecule has 2 N–H and O–H groups in total. The summed E-state index contributed by atoms with van der Waals surface area (Å²) in [6, 6.07) is 4.71. The Balaban J connectivity index is 2.41. The molecule has 9 nitrogen and oxygen atoms in total. The molecule has 1 aromatic heterocycles. The highest BCUT2D eigenvalue weighted by atomic mass is 31.2. The van der Waals surface area contributed by atoms with Crippen LogP contribution in [0.5, 0.6) is 23.1 Å². The number of anilines is 1. The van der Waals surface area contributed by atoms with Crippen molar-refractivity contribution in [2.75, 3.05) is 19.7 Å². The number of nitrogens with zero attached hydrogens (tertiary/aromatic N) is 2. The molecule has 0 saturated carbocycles. The number of nitrogens with one attached hydrogen (secondary N) is 1. The van der Waals surface area contributed by atoms with Crippen molar-refractivity contribution < 1.29 is 28.3 Å². The quantitative estimate of drug-likeness (QED) is 0.390. The molecule has 0 aliphatic carbocycles. The number of benzene rings is 1. The number of methoxy groups -OCH3 is 2. The number of hydrogen-bond acceptors (Lipinski definition) is 9. The highest BCUT2D eigenvalue weighted by Crippen LogP contribution is 2.62. The number of hydrogen-bond donors (Lipinski definition) is 2. The molecule has 166 valence electrons. The highest BCUT2D eigenvalue weighted by Gasteiger charge is 2.47. The SMILES string of the molecule is CCC(C)(CC)P(=O)(ONc1nc(C)cc(OC)n1)Oc1cc(C)c(O)c(OC)c1. The summed E-state index contributed by atoms with van der Waals surface area (Å²) in [6.45, 7) is 9.13. The molecule has 1 atom stereocenters. The molecule has 10 heteroatoms. The van der Waals surface area contributed by atoms with Crippen LogP contribution in [0.3, 0.4) is 0 Å². The van der Waals surface area contributed by atoms with E-state index in [2.05, 4.69) is 15.4 Å². The minimum atomic E-state index is -3.80. The topological polar surface area (TPSA) is 112 Å². The Morgan fingerprint density at radius 3 is 2.33 bits per heavy atom. The van der Waals surface area contributed by atoms with Crippen molar-refractivity contribution in [3.8, 4) is 23.1 Å². The summed E-state index contributed by atoms with van der Waals surface area (Å²) in [5.41, 5.74) is 3.75. The Hall–Kier alpha value is -2.51. The lowest BCUT2D eigenvalue weighted by Gasteiger charge is -2.34. The van der Waals surface area contributed by atoms with E-state index in [1.54, 1.807) is 26.0 Å². The molecule has 2 rings (SSSR count). The van der Waals surface area contributed by atoms with Crippen LogP contribution in [0.1, 0.15) is 44.9 Å². The van der Waals surface area contributed by atoms with Crippen LogP contribution in [0.25, 0.3) is 0 Å². The number of ether oxygens (including phenoxy) is 2. The Morgan fingerprint density at radius 2 is 1.77 bits per heavy atom. The average Bonchev–Trinajstić information content (AvgIpc) is 2.73. The van der Waals surface area contributed by atoms with Gasteiger partial charge in [-0.2, -0.15) is 9.61 Å². The van der Waals surface area contributed by atoms with Gasteiger partial charge in [-0.1, -0.05) is 13.8 Å². The van der Waals surface area contributed by atoms with Gasteiger partial charge in [-0.3, -0.25) is 0 Å². The number of aryl methyl sites for hydroxylation is 2. The molecule has 1 heterocycles. The lowest BCUT2D eigenvalue weighted by Crippen LogP contribution is -2.28. The standard InChI is InChI=1S/C20H30N3O6P/c1-8-20(5,9-2)30(25,28-15-10-13(3)18(24)16(12-15)26-6)29-23-19-21-14(4)11-17(22-19)27-7/h10-12,24H,8-9H2,1-7H3,(H,21,22,23). The third kappa shape index (κ3) is 4.96. The van der Waals surface area contributed by atoms with E-state index in [0.717, 1.165) is 0 Å². The Bertz CT molecular complexity index is 933. The van der Waals surface area contributed by atoms with Crippen LogP contribution in [0, 0.1) is 13.8 Å². The van der Waals surface area contributed by atoms with Gasteiger partial charge in [-0.25, -0.2) is 15.0 Å². The smallest absolute Gasteiger partial charge is 0.406 e. The highest BCUT2D eigenvalue weighted by molar-refractivity contribution is 7.56. The van der Waals surface area contributed by atoms with Crippen LogP contribution in [-0.2, 0) is 9.19 Å². The maximum atomic E-state index is 14.0. The predicted octanol–water partition coefficient (Wildman–Crippen LogP) is 5.01. The van der Waals surface area contributed by atoms with Gasteiger partial charge in [0, 0.05) is 17.8 Å². The van der Waals surface area contributed by atoms with Crippen molar-refractivity contribution in [3.05, 3.63) is 29.5 Å². The Labute approximate surface area is 177 Å². The minimum absolute atomic E-state index is 0.00673. The first-order valence-corrected chi connectivity index (χ1v) is 11.2. The maximum absolute atomic E-state index is 14.0. The lowest BCUT2D eigenvalue weighted by atomic mass is 10.1. The summed E-state index contributed by atoms with van der Waals surface area (Å²) in [4.78, 5) is 8.37. The largest absolute Gasteiger partial charge is 0.504 e. The van der Waals surface area contributed by atoms with E-state index >= 15 is 0 Å². The normalized spacial score (nSPS) is 13.4. The number of phenols is 1. The summed E-state index contributed by atoms with van der Waals surface area (Å²) >= 11 is 0. The molecule has 30 heavy (non-hydrogen) atoms. The molecule has 0 amide bonds. The second-order valence-electron chi connectivity index (χ2n) is 7.15. The van der Waals surface area contributed by atoms with Crippen molar-refractivity contribution >= 4 is 13.5 Å². The van der Waals surface area contributed by atoms with Crippen LogP contribution < -0.4 is 19.5 Å². The van der Waals surface area contributed by atoms with Crippen molar-refractivity contribution in [1.82, 2.24) is 9.97 Å². The zero-order chi connectivity index (χ0) is 22.5. The molecule has 1 aromatic carbocycles. The van der Waals surface area contributed by atoms with Gasteiger partial charge < -0.3 is 19.1 Å². The van der Waals surface area contributed by atoms with E-state index < -0.39 is 12.8 Å². The van der Waals surface area contributed by atoms with Gasteiger partial charge in [0.2, 0.25) is 5.88 Å². The molecule has 2 aromatic rings. The van der Waals surface area contributed by atoms with Crippen molar-refractivity contribution in [3.63, 3.8) is 0 Å². The first-order chi connectivity index (χ1) is 14.1. The van der Waals surface area contributed by atoms with Crippen LogP contribution in [-0.4, -0.2) is 34.5 Å². The first-order valence-electron chi connectivity index (χ1n) is 9.63. The second-order valence-corrected chi connectivity index (χ2v) is 9.59. The van der Waals surface area contributed by atoms with Gasteiger partial charge in [0.25, 0.3) is 5.95 Å². The van der Waals surface area contributed by atoms with E-state index in [4.69, 9.17) is 18.6 Å². The van der Waals surface area contributed by atoms with E-state index in [1.807, 2.05) is 20.8 Å². The molecule has 0 radical (unpaired) electrons. The molecule has 1 unspecified atom stereocenters. The maximum Gasteiger partial charge on any atom is 0.406 e. The third-order valence-corrected chi connectivity index (χ3v) is 7.90. The summed E-state index contributed by atoms with van der Waals surface area (Å²) in [7, 11) is -0.878. The van der Waals surface area contributed by atoms with Gasteiger partial charge in [0.15, 0.2) is 11.5 Å². The van der Waals surface area contributed by atoms with Gasteiger partial charge in [0.05, 0.1) is 19.4 Å². The molecular formula is C20H30N3O6P. The third-order valence-electron chi connectivity index (χ3n) is 5.17. The fourth-order valence-corrected chi connectivity index (χ4v) is 4.57. The second kappa shape index (κ2) is 9.53. The number of aromatic nitrogens is 2. The van der Waals surface area contributed by atoms with Crippen LogP contribution in [0.15, 0.2) is 18.2 Å². The molecule has 0 spiro atoms.